The van der Waals surface area contributed by atoms with Crippen LogP contribution in [0.25, 0.3) is 0 Å². The average Bonchev–Trinajstić information content (AvgIpc) is 2.96. The fourth-order valence-electron chi connectivity index (χ4n) is 1.33. The molecule has 0 saturated carbocycles. The fourth-order valence-corrected chi connectivity index (χ4v) is 1.92. The minimum absolute atomic E-state index is 0.204. The lowest BCUT2D eigenvalue weighted by molar-refractivity contribution is -0.435. The van der Waals surface area contributed by atoms with E-state index >= 15 is 0 Å². The van der Waals surface area contributed by atoms with Crippen molar-refractivity contribution in [3.8, 4) is 11.8 Å². The Hall–Kier alpha value is -1.65. The lowest BCUT2D eigenvalue weighted by atomic mass is 9.94. The Morgan fingerprint density at radius 1 is 0.654 bits per heavy atom. The molecule has 0 spiro atoms. The molecule has 0 N–H and O–H groups in total. The van der Waals surface area contributed by atoms with Gasteiger partial charge in [-0.05, 0) is 17.4 Å². The Kier molecular flexibility index (Phi) is 5.35. The van der Waals surface area contributed by atoms with E-state index in [0.717, 1.165) is 22.8 Å². The van der Waals surface area contributed by atoms with E-state index in [0.29, 0.717) is 0 Å². The maximum Gasteiger partial charge on any atom is 0.460 e. The molecule has 0 saturated heterocycles. The summed E-state index contributed by atoms with van der Waals surface area (Å²) in [5.74, 6) is -35.8. The Balaban J connectivity index is 3.43. The first-order valence-corrected chi connectivity index (χ1v) is 6.78. The van der Waals surface area contributed by atoms with Crippen molar-refractivity contribution in [1.82, 2.24) is 0 Å². The second-order valence-corrected chi connectivity index (χ2v) is 5.41. The summed E-state index contributed by atoms with van der Waals surface area (Å²) in [5.41, 5.74) is -0.443. The van der Waals surface area contributed by atoms with Gasteiger partial charge in [0.15, 0.2) is 0 Å². The summed E-state index contributed by atoms with van der Waals surface area (Å²) in [7, 11) is 0. The lowest BCUT2D eigenvalue weighted by Gasteiger charge is -2.38. The van der Waals surface area contributed by atoms with Gasteiger partial charge in [0.25, 0.3) is 0 Å². The van der Waals surface area contributed by atoms with Crippen molar-refractivity contribution in [2.75, 3.05) is 0 Å². The van der Waals surface area contributed by atoms with Crippen LogP contribution in [0.5, 0.6) is 0 Å². The molecule has 0 radical (unpaired) electrons. The Labute approximate surface area is 139 Å². The maximum absolute atomic E-state index is 13.2. The third kappa shape index (κ3) is 3.21. The first-order chi connectivity index (χ1) is 11.3. The predicted molar refractivity (Wildman–Crippen MR) is 62.0 cm³/mol. The van der Waals surface area contributed by atoms with Crippen molar-refractivity contribution in [2.45, 2.75) is 35.8 Å². The third-order valence-corrected chi connectivity index (χ3v) is 3.50. The zero-order valence-corrected chi connectivity index (χ0v) is 12.4. The largest absolute Gasteiger partial charge is 0.460 e. The van der Waals surface area contributed by atoms with Gasteiger partial charge in [-0.25, -0.2) is 0 Å². The van der Waals surface area contributed by atoms with E-state index in [1.54, 1.807) is 0 Å². The molecule has 0 aromatic carbocycles. The summed E-state index contributed by atoms with van der Waals surface area (Å²) in [6.45, 7) is 0. The first-order valence-electron chi connectivity index (χ1n) is 5.84. The van der Waals surface area contributed by atoms with E-state index in [1.165, 1.54) is 11.3 Å². The van der Waals surface area contributed by atoms with Crippen molar-refractivity contribution in [1.29, 1.82) is 0 Å². The van der Waals surface area contributed by atoms with E-state index in [9.17, 15) is 57.1 Å². The highest BCUT2D eigenvalue weighted by molar-refractivity contribution is 7.08. The van der Waals surface area contributed by atoms with Gasteiger partial charge in [-0.3, -0.25) is 0 Å². The van der Waals surface area contributed by atoms with Gasteiger partial charge in [-0.1, -0.05) is 5.92 Å². The quantitative estimate of drug-likeness (QED) is 0.420. The molecule has 26 heavy (non-hydrogen) atoms. The molecule has 0 atom stereocenters. The average molecular weight is 426 g/mol. The molecule has 0 nitrogen and oxygen atoms in total. The van der Waals surface area contributed by atoms with Gasteiger partial charge in [0.05, 0.1) is 0 Å². The van der Waals surface area contributed by atoms with Gasteiger partial charge < -0.3 is 0 Å². The topological polar surface area (TPSA) is 0 Å². The van der Waals surface area contributed by atoms with E-state index in [4.69, 9.17) is 0 Å². The SMILES string of the molecule is FC(F)(F)C(F)(F)C(F)(F)C(F)(F)C(F)(F)C(F)(F)C#Cc1ccsc1. The number of hydrogen-bond acceptors (Lipinski definition) is 1. The summed E-state index contributed by atoms with van der Waals surface area (Å²) in [6, 6.07) is 0.927. The second kappa shape index (κ2) is 6.21. The van der Waals surface area contributed by atoms with E-state index < -0.39 is 41.4 Å². The molecular weight excluding hydrogens is 423 g/mol. The summed E-state index contributed by atoms with van der Waals surface area (Å²) < 4.78 is 166. The van der Waals surface area contributed by atoms with Crippen LogP contribution in [-0.2, 0) is 0 Å². The van der Waals surface area contributed by atoms with Gasteiger partial charge in [0.1, 0.15) is 0 Å². The van der Waals surface area contributed by atoms with Gasteiger partial charge in [0.2, 0.25) is 0 Å². The van der Waals surface area contributed by atoms with Gasteiger partial charge >= 0.3 is 35.8 Å². The minimum atomic E-state index is -7.91. The molecule has 0 fully saturated rings. The van der Waals surface area contributed by atoms with Crippen LogP contribution in [0.15, 0.2) is 16.8 Å². The normalized spacial score (nSPS) is 14.8. The zero-order valence-electron chi connectivity index (χ0n) is 11.6. The van der Waals surface area contributed by atoms with Gasteiger partial charge in [0, 0.05) is 10.9 Å². The molecule has 0 aliphatic heterocycles. The van der Waals surface area contributed by atoms with Crippen LogP contribution in [0, 0.1) is 11.8 Å². The molecule has 0 aliphatic carbocycles. The van der Waals surface area contributed by atoms with Crippen molar-refractivity contribution >= 4 is 11.3 Å². The molecule has 0 unspecified atom stereocenters. The van der Waals surface area contributed by atoms with Crippen molar-refractivity contribution in [2.24, 2.45) is 0 Å². The van der Waals surface area contributed by atoms with Gasteiger partial charge in [-0.2, -0.15) is 68.4 Å². The van der Waals surface area contributed by atoms with Crippen LogP contribution in [0.3, 0.4) is 0 Å². The highest BCUT2D eigenvalue weighted by Crippen LogP contribution is 2.60. The molecule has 14 heteroatoms. The summed E-state index contributed by atoms with van der Waals surface area (Å²) in [4.78, 5) is 0. The van der Waals surface area contributed by atoms with Crippen LogP contribution in [-0.4, -0.2) is 35.8 Å². The molecule has 1 aromatic heterocycles. The molecule has 0 amide bonds. The first kappa shape index (κ1) is 22.4. The number of halogens is 13. The maximum atomic E-state index is 13.2. The molecule has 0 aliphatic rings. The number of rotatable bonds is 4. The molecule has 1 heterocycles. The fraction of sp³-hybridized carbons (Fsp3) is 0.500. The molecule has 148 valence electrons. The Morgan fingerprint density at radius 2 is 1.12 bits per heavy atom. The van der Waals surface area contributed by atoms with Crippen LogP contribution >= 0.6 is 11.3 Å². The van der Waals surface area contributed by atoms with E-state index in [-0.39, 0.29) is 5.92 Å². The summed E-state index contributed by atoms with van der Waals surface area (Å²) in [6.07, 6.45) is -7.42. The van der Waals surface area contributed by atoms with Crippen molar-refractivity contribution in [3.05, 3.63) is 22.4 Å². The van der Waals surface area contributed by atoms with E-state index in [2.05, 4.69) is 0 Å². The van der Waals surface area contributed by atoms with Crippen LogP contribution < -0.4 is 0 Å². The highest BCUT2D eigenvalue weighted by atomic mass is 32.1. The second-order valence-electron chi connectivity index (χ2n) is 4.63. The third-order valence-electron chi connectivity index (χ3n) is 2.82. The minimum Gasteiger partial charge on any atom is -0.192 e. The molecule has 1 aromatic rings. The van der Waals surface area contributed by atoms with Crippen molar-refractivity contribution < 1.29 is 57.1 Å². The molecule has 0 bridgehead atoms. The number of thiophene rings is 1. The smallest absolute Gasteiger partial charge is 0.192 e. The van der Waals surface area contributed by atoms with Crippen LogP contribution in [0.1, 0.15) is 5.56 Å². The zero-order chi connectivity index (χ0) is 20.8. The van der Waals surface area contributed by atoms with Crippen LogP contribution in [0.2, 0.25) is 0 Å². The lowest BCUT2D eigenvalue weighted by Crippen LogP contribution is -2.69. The molecule has 1 rings (SSSR count). The monoisotopic (exact) mass is 426 g/mol. The summed E-state index contributed by atoms with van der Waals surface area (Å²) in [5, 5.41) is 2.12. The standard InChI is InChI=1S/C12H3F13S/c13-7(14,3-1-6-2-4-26-5-6)8(15,16)9(17,18)10(19,20)11(21,22)12(23,24)25/h2,4-5H. The van der Waals surface area contributed by atoms with Gasteiger partial charge in [-0.15, -0.1) is 0 Å². The van der Waals surface area contributed by atoms with E-state index in [1.807, 2.05) is 0 Å². The molecular formula is C12H3F13S. The Morgan fingerprint density at radius 3 is 1.50 bits per heavy atom. The van der Waals surface area contributed by atoms with Crippen molar-refractivity contribution in [3.63, 3.8) is 0 Å². The Bertz CT molecular complexity index is 687. The summed E-state index contributed by atoms with van der Waals surface area (Å²) >= 11 is 0.786. The number of alkyl halides is 13. The number of hydrogen-bond donors (Lipinski definition) is 0. The van der Waals surface area contributed by atoms with Crippen LogP contribution in [0.4, 0.5) is 57.1 Å². The predicted octanol–water partition coefficient (Wildman–Crippen LogP) is 5.84. The highest BCUT2D eigenvalue weighted by Gasteiger charge is 2.90.